The maximum Gasteiger partial charge on any atom is 0.227 e. The summed E-state index contributed by atoms with van der Waals surface area (Å²) in [5.41, 5.74) is 2.33. The van der Waals surface area contributed by atoms with Crippen molar-refractivity contribution >= 4 is 26.5 Å². The number of aliphatic imine (C=N–C) groups is 1. The van der Waals surface area contributed by atoms with Crippen LogP contribution in [0.1, 0.15) is 57.8 Å². The highest BCUT2D eigenvalue weighted by Crippen LogP contribution is 2.32. The van der Waals surface area contributed by atoms with Gasteiger partial charge in [0.25, 0.3) is 0 Å². The van der Waals surface area contributed by atoms with Gasteiger partial charge in [0, 0.05) is 31.9 Å². The Bertz CT molecular complexity index is 481. The van der Waals surface area contributed by atoms with Gasteiger partial charge in [-0.2, -0.15) is 0 Å². The molecule has 0 spiro atoms. The summed E-state index contributed by atoms with van der Waals surface area (Å²) in [7, 11) is 0. The SMILES string of the molecule is O=C(CC1CCOCC1)N1CCC/C1=C1\CCCCC(Br)=N1. The summed E-state index contributed by atoms with van der Waals surface area (Å²) < 4.78 is 6.43. The Morgan fingerprint density at radius 2 is 1.95 bits per heavy atom. The molecule has 3 aliphatic rings. The summed E-state index contributed by atoms with van der Waals surface area (Å²) in [4.78, 5) is 19.5. The third kappa shape index (κ3) is 3.99. The standard InChI is InChI=1S/C17H25BrN2O2/c18-16-6-2-1-4-14(19-16)15-5-3-9-20(15)17(21)12-13-7-10-22-11-8-13/h13H,1-12H2/b15-14-. The molecule has 0 aromatic rings. The number of carbonyl (C=O) groups is 1. The number of carbonyl (C=O) groups excluding carboxylic acids is 1. The molecule has 0 aromatic carbocycles. The molecule has 0 radical (unpaired) electrons. The van der Waals surface area contributed by atoms with Gasteiger partial charge in [0.1, 0.15) is 0 Å². The average Bonchev–Trinajstić information content (AvgIpc) is 2.91. The van der Waals surface area contributed by atoms with Crippen molar-refractivity contribution in [2.24, 2.45) is 10.9 Å². The Morgan fingerprint density at radius 1 is 1.18 bits per heavy atom. The number of likely N-dealkylation sites (tertiary alicyclic amines) is 1. The van der Waals surface area contributed by atoms with Gasteiger partial charge >= 0.3 is 0 Å². The summed E-state index contributed by atoms with van der Waals surface area (Å²) in [5.74, 6) is 0.792. The number of amides is 1. The van der Waals surface area contributed by atoms with Gasteiger partial charge in [0.15, 0.2) is 0 Å². The van der Waals surface area contributed by atoms with Crippen LogP contribution < -0.4 is 0 Å². The van der Waals surface area contributed by atoms with Crippen molar-refractivity contribution < 1.29 is 9.53 Å². The number of ether oxygens (including phenoxy) is 1. The Kier molecular flexibility index (Phi) is 5.69. The molecule has 0 aliphatic carbocycles. The minimum atomic E-state index is 0.294. The molecule has 5 heteroatoms. The monoisotopic (exact) mass is 368 g/mol. The first kappa shape index (κ1) is 16.2. The normalized spacial score (nSPS) is 27.7. The predicted octanol–water partition coefficient (Wildman–Crippen LogP) is 4.00. The molecule has 0 bridgehead atoms. The van der Waals surface area contributed by atoms with Crippen LogP contribution >= 0.6 is 15.9 Å². The molecule has 0 aromatic heterocycles. The first-order chi connectivity index (χ1) is 10.7. The second-order valence-corrected chi connectivity index (χ2v) is 7.41. The van der Waals surface area contributed by atoms with E-state index in [0.29, 0.717) is 18.2 Å². The van der Waals surface area contributed by atoms with E-state index in [1.807, 2.05) is 4.90 Å². The number of nitrogens with zero attached hydrogens (tertiary/aromatic N) is 2. The fraction of sp³-hybridized carbons (Fsp3) is 0.765. The van der Waals surface area contributed by atoms with Crippen LogP contribution in [0, 0.1) is 5.92 Å². The lowest BCUT2D eigenvalue weighted by Crippen LogP contribution is -2.30. The van der Waals surface area contributed by atoms with Crippen molar-refractivity contribution in [1.29, 1.82) is 0 Å². The van der Waals surface area contributed by atoms with E-state index in [1.165, 1.54) is 18.5 Å². The van der Waals surface area contributed by atoms with Crippen LogP contribution in [0.3, 0.4) is 0 Å². The van der Waals surface area contributed by atoms with Crippen LogP contribution in [0.15, 0.2) is 16.4 Å². The first-order valence-electron chi connectivity index (χ1n) is 8.57. The molecule has 2 saturated heterocycles. The van der Waals surface area contributed by atoms with E-state index >= 15 is 0 Å². The van der Waals surface area contributed by atoms with E-state index in [2.05, 4.69) is 15.9 Å². The maximum absolute atomic E-state index is 12.7. The minimum Gasteiger partial charge on any atom is -0.381 e. The summed E-state index contributed by atoms with van der Waals surface area (Å²) in [6, 6.07) is 0. The first-order valence-corrected chi connectivity index (χ1v) is 9.36. The zero-order valence-corrected chi connectivity index (χ0v) is 14.7. The molecular formula is C17H25BrN2O2. The maximum atomic E-state index is 12.7. The topological polar surface area (TPSA) is 41.9 Å². The van der Waals surface area contributed by atoms with Gasteiger partial charge in [-0.3, -0.25) is 4.79 Å². The van der Waals surface area contributed by atoms with Gasteiger partial charge in [-0.05, 0) is 73.2 Å². The third-order valence-electron chi connectivity index (χ3n) is 4.86. The molecular weight excluding hydrogens is 344 g/mol. The van der Waals surface area contributed by atoms with Crippen molar-refractivity contribution in [3.63, 3.8) is 0 Å². The number of hydrogen-bond donors (Lipinski definition) is 0. The van der Waals surface area contributed by atoms with Crippen molar-refractivity contribution in [2.75, 3.05) is 19.8 Å². The van der Waals surface area contributed by atoms with Crippen LogP contribution in [-0.2, 0) is 9.53 Å². The van der Waals surface area contributed by atoms with E-state index < -0.39 is 0 Å². The second-order valence-electron chi connectivity index (χ2n) is 6.50. The van der Waals surface area contributed by atoms with Gasteiger partial charge in [0.05, 0.1) is 10.3 Å². The lowest BCUT2D eigenvalue weighted by molar-refractivity contribution is -0.130. The third-order valence-corrected chi connectivity index (χ3v) is 5.44. The van der Waals surface area contributed by atoms with Crippen LogP contribution in [0.25, 0.3) is 0 Å². The molecule has 1 amide bonds. The van der Waals surface area contributed by atoms with Crippen LogP contribution in [0.2, 0.25) is 0 Å². The van der Waals surface area contributed by atoms with Crippen molar-refractivity contribution in [3.05, 3.63) is 11.4 Å². The average molecular weight is 369 g/mol. The lowest BCUT2D eigenvalue weighted by Gasteiger charge is -2.25. The summed E-state index contributed by atoms with van der Waals surface area (Å²) in [6.45, 7) is 2.49. The molecule has 22 heavy (non-hydrogen) atoms. The molecule has 3 rings (SSSR count). The smallest absolute Gasteiger partial charge is 0.227 e. The fourth-order valence-corrected chi connectivity index (χ4v) is 4.08. The van der Waals surface area contributed by atoms with E-state index in [1.54, 1.807) is 0 Å². The van der Waals surface area contributed by atoms with Gasteiger partial charge in [-0.25, -0.2) is 4.99 Å². The number of rotatable bonds is 2. The largest absolute Gasteiger partial charge is 0.381 e. The number of hydrogen-bond acceptors (Lipinski definition) is 3. The van der Waals surface area contributed by atoms with Crippen LogP contribution in [-0.4, -0.2) is 35.2 Å². The number of halogens is 1. The van der Waals surface area contributed by atoms with Gasteiger partial charge in [0.2, 0.25) is 5.91 Å². The lowest BCUT2D eigenvalue weighted by atomic mass is 9.96. The highest BCUT2D eigenvalue weighted by atomic mass is 79.9. The molecule has 2 fully saturated rings. The highest BCUT2D eigenvalue weighted by Gasteiger charge is 2.29. The Balaban J connectivity index is 1.71. The minimum absolute atomic E-state index is 0.294. The molecule has 3 heterocycles. The zero-order valence-electron chi connectivity index (χ0n) is 13.2. The van der Waals surface area contributed by atoms with E-state index in [4.69, 9.17) is 9.73 Å². The Labute approximate surface area is 141 Å². The van der Waals surface area contributed by atoms with Crippen LogP contribution in [0.4, 0.5) is 0 Å². The molecule has 0 atom stereocenters. The predicted molar refractivity (Wildman–Crippen MR) is 91.0 cm³/mol. The van der Waals surface area contributed by atoms with Crippen molar-refractivity contribution in [3.8, 4) is 0 Å². The van der Waals surface area contributed by atoms with Gasteiger partial charge in [-0.15, -0.1) is 0 Å². The molecule has 0 unspecified atom stereocenters. The van der Waals surface area contributed by atoms with Crippen molar-refractivity contribution in [2.45, 2.75) is 57.8 Å². The van der Waals surface area contributed by atoms with Gasteiger partial charge in [-0.1, -0.05) is 0 Å². The molecule has 0 N–H and O–H groups in total. The van der Waals surface area contributed by atoms with Crippen LogP contribution in [0.5, 0.6) is 0 Å². The molecule has 3 aliphatic heterocycles. The van der Waals surface area contributed by atoms with Crippen molar-refractivity contribution in [1.82, 2.24) is 4.90 Å². The highest BCUT2D eigenvalue weighted by molar-refractivity contribution is 9.18. The van der Waals surface area contributed by atoms with E-state index in [0.717, 1.165) is 68.6 Å². The molecule has 4 nitrogen and oxygen atoms in total. The fourth-order valence-electron chi connectivity index (χ4n) is 3.59. The second kappa shape index (κ2) is 7.73. The Morgan fingerprint density at radius 3 is 2.77 bits per heavy atom. The number of allylic oxidation sites excluding steroid dienone is 2. The Hall–Kier alpha value is -0.680. The molecule has 122 valence electrons. The summed E-state index contributed by atoms with van der Waals surface area (Å²) >= 11 is 3.56. The molecule has 0 saturated carbocycles. The van der Waals surface area contributed by atoms with E-state index in [9.17, 15) is 4.79 Å². The summed E-state index contributed by atoms with van der Waals surface area (Å²) in [5, 5.41) is 0. The van der Waals surface area contributed by atoms with E-state index in [-0.39, 0.29) is 0 Å². The zero-order chi connectivity index (χ0) is 15.4. The summed E-state index contributed by atoms with van der Waals surface area (Å²) in [6.07, 6.45) is 9.16. The quantitative estimate of drug-likeness (QED) is 0.738. The van der Waals surface area contributed by atoms with Gasteiger partial charge < -0.3 is 9.64 Å².